The lowest BCUT2D eigenvalue weighted by Gasteiger charge is -2.39. The first-order valence-corrected chi connectivity index (χ1v) is 12.0. The van der Waals surface area contributed by atoms with Crippen LogP contribution in [0.1, 0.15) is 65.0 Å². The number of rotatable bonds is 4. The molecular formula is C26H32Cl2F2N2O2. The van der Waals surface area contributed by atoms with Crippen LogP contribution in [-0.4, -0.2) is 23.7 Å². The van der Waals surface area contributed by atoms with Crippen LogP contribution in [0.2, 0.25) is 10.0 Å². The maximum absolute atomic E-state index is 15.4. The maximum atomic E-state index is 15.4. The van der Waals surface area contributed by atoms with Gasteiger partial charge >= 0.3 is 5.97 Å². The fourth-order valence-electron chi connectivity index (χ4n) is 4.70. The summed E-state index contributed by atoms with van der Waals surface area (Å²) < 4.78 is 35.7. The molecule has 3 rings (SSSR count). The lowest BCUT2D eigenvalue weighted by atomic mass is 9.68. The standard InChI is InChI=1S/C26H32Cl2F2N2O2/c1-24(2,3)13-19-26(31,14-10-11-16(27)18(29)12-14)20(15-8-7-9-17(28)21(15)30)22(32-19)23(33)34-25(4,5)6/h7-12,19-20,22,32H,13,31H2,1-6H3/t19-,20-,22+,26+/m0/s1. The number of carbonyl (C=O) groups excluding carboxylic acids is 1. The molecule has 186 valence electrons. The van der Waals surface area contributed by atoms with Crippen molar-refractivity contribution in [1.29, 1.82) is 0 Å². The van der Waals surface area contributed by atoms with E-state index in [0.717, 1.165) is 0 Å². The topological polar surface area (TPSA) is 64.3 Å². The van der Waals surface area contributed by atoms with Crippen LogP contribution < -0.4 is 11.1 Å². The second-order valence-corrected chi connectivity index (χ2v) is 12.0. The van der Waals surface area contributed by atoms with E-state index < -0.39 is 46.7 Å². The third-order valence-electron chi connectivity index (χ3n) is 6.02. The lowest BCUT2D eigenvalue weighted by molar-refractivity contribution is -0.157. The molecule has 0 spiro atoms. The minimum Gasteiger partial charge on any atom is -0.459 e. The molecule has 0 aliphatic carbocycles. The third-order valence-corrected chi connectivity index (χ3v) is 6.62. The van der Waals surface area contributed by atoms with Crippen LogP contribution in [0, 0.1) is 17.0 Å². The highest BCUT2D eigenvalue weighted by Gasteiger charge is 2.58. The number of esters is 1. The molecule has 0 bridgehead atoms. The molecule has 8 heteroatoms. The summed E-state index contributed by atoms with van der Waals surface area (Å²) in [6.07, 6.45) is 0.520. The first kappa shape index (κ1) is 26.9. The zero-order chi connectivity index (χ0) is 25.6. The van der Waals surface area contributed by atoms with Crippen molar-refractivity contribution in [1.82, 2.24) is 5.32 Å². The smallest absolute Gasteiger partial charge is 0.324 e. The predicted molar refractivity (Wildman–Crippen MR) is 132 cm³/mol. The Kier molecular flexibility index (Phi) is 7.41. The van der Waals surface area contributed by atoms with Crippen LogP contribution >= 0.6 is 23.2 Å². The molecule has 4 nitrogen and oxygen atoms in total. The van der Waals surface area contributed by atoms with Gasteiger partial charge in [-0.25, -0.2) is 8.78 Å². The van der Waals surface area contributed by atoms with Crippen molar-refractivity contribution in [3.63, 3.8) is 0 Å². The molecule has 1 saturated heterocycles. The van der Waals surface area contributed by atoms with Crippen LogP contribution in [0.5, 0.6) is 0 Å². The molecular weight excluding hydrogens is 481 g/mol. The summed E-state index contributed by atoms with van der Waals surface area (Å²) >= 11 is 12.1. The van der Waals surface area contributed by atoms with E-state index in [-0.39, 0.29) is 21.0 Å². The van der Waals surface area contributed by atoms with Crippen LogP contribution in [0.25, 0.3) is 0 Å². The number of hydrogen-bond donors (Lipinski definition) is 2. The predicted octanol–water partition coefficient (Wildman–Crippen LogP) is 6.33. The molecule has 3 N–H and O–H groups in total. The van der Waals surface area contributed by atoms with Gasteiger partial charge in [0.1, 0.15) is 23.3 Å². The summed E-state index contributed by atoms with van der Waals surface area (Å²) in [6, 6.07) is 7.37. The molecule has 0 aromatic heterocycles. The van der Waals surface area contributed by atoms with Crippen LogP contribution in [0.3, 0.4) is 0 Å². The SMILES string of the molecule is CC(C)(C)C[C@@H]1N[C@@H](C(=O)OC(C)(C)C)[C@H](c2cccc(Cl)c2F)[C@@]1(N)c1ccc(Cl)c(F)c1. The van der Waals surface area contributed by atoms with Gasteiger partial charge in [0.05, 0.1) is 15.6 Å². The average molecular weight is 513 g/mol. The van der Waals surface area contributed by atoms with Crippen molar-refractivity contribution < 1.29 is 18.3 Å². The van der Waals surface area contributed by atoms with E-state index >= 15 is 4.39 Å². The summed E-state index contributed by atoms with van der Waals surface area (Å²) in [5.74, 6) is -2.83. The van der Waals surface area contributed by atoms with Crippen molar-refractivity contribution in [2.24, 2.45) is 11.1 Å². The van der Waals surface area contributed by atoms with Gasteiger partial charge in [0.2, 0.25) is 0 Å². The minimum atomic E-state index is -1.38. The van der Waals surface area contributed by atoms with Gasteiger partial charge in [-0.05, 0) is 61.9 Å². The Morgan fingerprint density at radius 1 is 1.09 bits per heavy atom. The molecule has 0 unspecified atom stereocenters. The van der Waals surface area contributed by atoms with Gasteiger partial charge in [0.25, 0.3) is 0 Å². The maximum Gasteiger partial charge on any atom is 0.324 e. The summed E-state index contributed by atoms with van der Waals surface area (Å²) in [4.78, 5) is 13.4. The molecule has 0 radical (unpaired) electrons. The van der Waals surface area contributed by atoms with Crippen molar-refractivity contribution in [2.45, 2.75) is 77.1 Å². The molecule has 2 aromatic rings. The van der Waals surface area contributed by atoms with Crippen molar-refractivity contribution in [2.75, 3.05) is 0 Å². The number of ether oxygens (including phenoxy) is 1. The monoisotopic (exact) mass is 512 g/mol. The second-order valence-electron chi connectivity index (χ2n) is 11.2. The Balaban J connectivity index is 2.28. The summed E-state index contributed by atoms with van der Waals surface area (Å²) in [5.41, 5.74) is 5.33. The van der Waals surface area contributed by atoms with Gasteiger partial charge in [-0.1, -0.05) is 62.2 Å². The van der Waals surface area contributed by atoms with Crippen LogP contribution in [0.15, 0.2) is 36.4 Å². The number of nitrogens with two attached hydrogens (primary N) is 1. The molecule has 4 atom stereocenters. The molecule has 1 heterocycles. The van der Waals surface area contributed by atoms with E-state index in [9.17, 15) is 9.18 Å². The minimum absolute atomic E-state index is 0.0557. The number of hydrogen-bond acceptors (Lipinski definition) is 4. The van der Waals surface area contributed by atoms with Crippen LogP contribution in [0.4, 0.5) is 8.78 Å². The Hall–Kier alpha value is -1.73. The number of carbonyl (C=O) groups is 1. The van der Waals surface area contributed by atoms with Gasteiger partial charge in [0, 0.05) is 12.0 Å². The number of benzene rings is 2. The van der Waals surface area contributed by atoms with E-state index in [0.29, 0.717) is 12.0 Å². The van der Waals surface area contributed by atoms with E-state index in [4.69, 9.17) is 33.7 Å². The quantitative estimate of drug-likeness (QED) is 0.469. The summed E-state index contributed by atoms with van der Waals surface area (Å²) in [7, 11) is 0. The molecule has 1 aliphatic heterocycles. The summed E-state index contributed by atoms with van der Waals surface area (Å²) in [6.45, 7) is 11.4. The van der Waals surface area contributed by atoms with E-state index in [1.54, 1.807) is 39.0 Å². The molecule has 1 aliphatic rings. The summed E-state index contributed by atoms with van der Waals surface area (Å²) in [5, 5.41) is 3.17. The second kappa shape index (κ2) is 9.38. The molecule has 34 heavy (non-hydrogen) atoms. The van der Waals surface area contributed by atoms with Gasteiger partial charge in [-0.3, -0.25) is 10.1 Å². The van der Waals surface area contributed by atoms with Gasteiger partial charge in [-0.15, -0.1) is 0 Å². The Morgan fingerprint density at radius 3 is 2.29 bits per heavy atom. The molecule has 1 fully saturated rings. The Bertz CT molecular complexity index is 1080. The lowest BCUT2D eigenvalue weighted by Crippen LogP contribution is -2.52. The van der Waals surface area contributed by atoms with Gasteiger partial charge in [-0.2, -0.15) is 0 Å². The highest BCUT2D eigenvalue weighted by Crippen LogP contribution is 2.49. The number of nitrogens with one attached hydrogen (secondary N) is 1. The Morgan fingerprint density at radius 2 is 1.74 bits per heavy atom. The van der Waals surface area contributed by atoms with E-state index in [2.05, 4.69) is 5.32 Å². The highest BCUT2D eigenvalue weighted by molar-refractivity contribution is 6.31. The molecule has 0 amide bonds. The van der Waals surface area contributed by atoms with Crippen molar-refractivity contribution in [3.8, 4) is 0 Å². The van der Waals surface area contributed by atoms with E-state index in [1.165, 1.54) is 18.2 Å². The average Bonchev–Trinajstić information content (AvgIpc) is 2.97. The fraction of sp³-hybridized carbons (Fsp3) is 0.500. The van der Waals surface area contributed by atoms with Crippen molar-refractivity contribution >= 4 is 29.2 Å². The normalized spacial score (nSPS) is 25.4. The zero-order valence-corrected chi connectivity index (χ0v) is 21.8. The van der Waals surface area contributed by atoms with Crippen molar-refractivity contribution in [3.05, 3.63) is 69.2 Å². The first-order valence-electron chi connectivity index (χ1n) is 11.2. The highest BCUT2D eigenvalue weighted by atomic mass is 35.5. The third kappa shape index (κ3) is 5.40. The molecule has 2 aromatic carbocycles. The largest absolute Gasteiger partial charge is 0.459 e. The van der Waals surface area contributed by atoms with Crippen LogP contribution in [-0.2, 0) is 15.1 Å². The molecule has 0 saturated carbocycles. The van der Waals surface area contributed by atoms with E-state index in [1.807, 2.05) is 20.8 Å². The fourth-order valence-corrected chi connectivity index (χ4v) is 5.00. The Labute approximate surface area is 210 Å². The number of halogens is 4. The first-order chi connectivity index (χ1) is 15.5. The zero-order valence-electron chi connectivity index (χ0n) is 20.3. The van der Waals surface area contributed by atoms with Gasteiger partial charge < -0.3 is 10.5 Å². The van der Waals surface area contributed by atoms with Gasteiger partial charge in [0.15, 0.2) is 0 Å².